The van der Waals surface area contributed by atoms with Crippen LogP contribution in [0.4, 0.5) is 0 Å². The summed E-state index contributed by atoms with van der Waals surface area (Å²) in [6.45, 7) is 1.97. The van der Waals surface area contributed by atoms with Crippen LogP contribution < -0.4 is 11.1 Å². The first kappa shape index (κ1) is 13.0. The molecule has 2 atom stereocenters. The number of nitrogens with one attached hydrogen (secondary N) is 1. The van der Waals surface area contributed by atoms with E-state index in [0.717, 1.165) is 32.1 Å². The van der Waals surface area contributed by atoms with E-state index in [1.54, 1.807) is 0 Å². The number of amides is 1. The number of carbonyl (C=O) groups is 1. The van der Waals surface area contributed by atoms with Gasteiger partial charge in [-0.25, -0.2) is 0 Å². The Morgan fingerprint density at radius 1 is 1.35 bits per heavy atom. The molecule has 2 unspecified atom stereocenters. The van der Waals surface area contributed by atoms with Gasteiger partial charge in [0.05, 0.1) is 5.41 Å². The predicted octanol–water partition coefficient (Wildman–Crippen LogP) is 0.531. The van der Waals surface area contributed by atoms with Gasteiger partial charge in [0.15, 0.2) is 0 Å². The molecule has 2 rings (SSSR count). The summed E-state index contributed by atoms with van der Waals surface area (Å²) in [5.41, 5.74) is 5.64. The molecule has 0 radical (unpaired) electrons. The third-order valence-electron chi connectivity index (χ3n) is 4.27. The highest BCUT2D eigenvalue weighted by molar-refractivity contribution is 7.85. The van der Waals surface area contributed by atoms with Crippen LogP contribution >= 0.6 is 0 Å². The lowest BCUT2D eigenvalue weighted by Crippen LogP contribution is -2.51. The Labute approximate surface area is 105 Å². The summed E-state index contributed by atoms with van der Waals surface area (Å²) < 4.78 is 11.2. The minimum Gasteiger partial charge on any atom is -0.353 e. The number of hydrogen-bond acceptors (Lipinski definition) is 3. The molecule has 1 saturated carbocycles. The van der Waals surface area contributed by atoms with E-state index in [2.05, 4.69) is 5.32 Å². The van der Waals surface area contributed by atoms with Gasteiger partial charge in [0, 0.05) is 34.4 Å². The minimum absolute atomic E-state index is 0.0137. The molecule has 0 aromatic rings. The van der Waals surface area contributed by atoms with Gasteiger partial charge in [0.2, 0.25) is 5.91 Å². The van der Waals surface area contributed by atoms with Crippen LogP contribution in [0.2, 0.25) is 0 Å². The van der Waals surface area contributed by atoms with Gasteiger partial charge < -0.3 is 11.1 Å². The highest BCUT2D eigenvalue weighted by Crippen LogP contribution is 2.37. The Bertz CT molecular complexity index is 324. The largest absolute Gasteiger partial charge is 0.353 e. The topological polar surface area (TPSA) is 72.2 Å². The molecular weight excluding hydrogens is 236 g/mol. The molecule has 0 bridgehead atoms. The summed E-state index contributed by atoms with van der Waals surface area (Å²) >= 11 is 0. The zero-order chi connectivity index (χ0) is 12.5. The van der Waals surface area contributed by atoms with E-state index in [0.29, 0.717) is 11.5 Å². The van der Waals surface area contributed by atoms with Gasteiger partial charge in [0.25, 0.3) is 0 Å². The summed E-state index contributed by atoms with van der Waals surface area (Å²) in [4.78, 5) is 12.3. The Morgan fingerprint density at radius 2 is 2.00 bits per heavy atom. The average Bonchev–Trinajstić information content (AvgIpc) is 2.64. The van der Waals surface area contributed by atoms with Crippen LogP contribution in [0.15, 0.2) is 0 Å². The molecule has 3 N–H and O–H groups in total. The molecule has 0 aromatic heterocycles. The Morgan fingerprint density at radius 3 is 2.53 bits per heavy atom. The monoisotopic (exact) mass is 258 g/mol. The standard InChI is InChI=1S/C12H22N2O2S/c1-12(6-2-3-10(12)13)11(15)14-9-4-7-17(16)8-5-9/h9-10H,2-8,13H2,1H3,(H,14,15). The van der Waals surface area contributed by atoms with E-state index in [-0.39, 0.29) is 18.0 Å². The van der Waals surface area contributed by atoms with E-state index in [1.807, 2.05) is 6.92 Å². The fourth-order valence-electron chi connectivity index (χ4n) is 2.76. The Kier molecular flexibility index (Phi) is 3.88. The maximum absolute atomic E-state index is 12.3. The van der Waals surface area contributed by atoms with Crippen molar-refractivity contribution in [3.05, 3.63) is 0 Å². The molecule has 2 aliphatic rings. The first-order chi connectivity index (χ1) is 8.02. The van der Waals surface area contributed by atoms with Crippen LogP contribution in [0, 0.1) is 5.41 Å². The molecule has 2 fully saturated rings. The van der Waals surface area contributed by atoms with Crippen LogP contribution in [0.1, 0.15) is 39.0 Å². The van der Waals surface area contributed by atoms with Crippen LogP contribution in [0.5, 0.6) is 0 Å². The Balaban J connectivity index is 1.90. The SMILES string of the molecule is CC1(C(=O)NC2CCS(=O)CC2)CCCC1N. The number of rotatable bonds is 2. The van der Waals surface area contributed by atoms with E-state index < -0.39 is 16.2 Å². The van der Waals surface area contributed by atoms with Crippen LogP contribution in [-0.2, 0) is 15.6 Å². The normalized spacial score (nSPS) is 42.4. The summed E-state index contributed by atoms with van der Waals surface area (Å²) in [5, 5.41) is 3.10. The molecule has 4 nitrogen and oxygen atoms in total. The van der Waals surface area contributed by atoms with Gasteiger partial charge in [-0.05, 0) is 32.6 Å². The van der Waals surface area contributed by atoms with Crippen LogP contribution in [0.25, 0.3) is 0 Å². The van der Waals surface area contributed by atoms with Crippen LogP contribution in [-0.4, -0.2) is 33.7 Å². The van der Waals surface area contributed by atoms with E-state index in [9.17, 15) is 9.00 Å². The molecule has 1 aliphatic carbocycles. The van der Waals surface area contributed by atoms with Crippen molar-refractivity contribution in [2.24, 2.45) is 11.1 Å². The highest BCUT2D eigenvalue weighted by atomic mass is 32.2. The summed E-state index contributed by atoms with van der Waals surface area (Å²) in [6.07, 6.45) is 4.55. The van der Waals surface area contributed by atoms with Crippen molar-refractivity contribution in [3.63, 3.8) is 0 Å². The van der Waals surface area contributed by atoms with Crippen molar-refractivity contribution in [2.45, 2.75) is 51.1 Å². The van der Waals surface area contributed by atoms with Crippen molar-refractivity contribution >= 4 is 16.7 Å². The molecule has 1 amide bonds. The fraction of sp³-hybridized carbons (Fsp3) is 0.917. The summed E-state index contributed by atoms with van der Waals surface area (Å²) in [7, 11) is -0.671. The maximum Gasteiger partial charge on any atom is 0.227 e. The quantitative estimate of drug-likeness (QED) is 0.759. The number of nitrogens with two attached hydrogens (primary N) is 1. The molecule has 1 aliphatic heterocycles. The molecule has 5 heteroatoms. The number of hydrogen-bond donors (Lipinski definition) is 2. The summed E-state index contributed by atoms with van der Waals surface area (Å²) in [5.74, 6) is 1.53. The predicted molar refractivity (Wildman–Crippen MR) is 69.0 cm³/mol. The van der Waals surface area contributed by atoms with Crippen molar-refractivity contribution in [2.75, 3.05) is 11.5 Å². The molecule has 0 spiro atoms. The Hall–Kier alpha value is -0.420. The maximum atomic E-state index is 12.3. The van der Waals surface area contributed by atoms with Crippen molar-refractivity contribution in [1.29, 1.82) is 0 Å². The lowest BCUT2D eigenvalue weighted by atomic mass is 9.84. The fourth-order valence-corrected chi connectivity index (χ4v) is 4.06. The van der Waals surface area contributed by atoms with E-state index in [1.165, 1.54) is 0 Å². The average molecular weight is 258 g/mol. The zero-order valence-corrected chi connectivity index (χ0v) is 11.2. The first-order valence-corrected chi connectivity index (χ1v) is 7.93. The van der Waals surface area contributed by atoms with Gasteiger partial charge in [-0.2, -0.15) is 0 Å². The highest BCUT2D eigenvalue weighted by Gasteiger charge is 2.43. The van der Waals surface area contributed by atoms with Gasteiger partial charge in [-0.1, -0.05) is 6.42 Å². The lowest BCUT2D eigenvalue weighted by Gasteiger charge is -2.31. The number of carbonyl (C=O) groups excluding carboxylic acids is 1. The minimum atomic E-state index is -0.671. The zero-order valence-electron chi connectivity index (χ0n) is 10.4. The van der Waals surface area contributed by atoms with Gasteiger partial charge in [0.1, 0.15) is 0 Å². The second-order valence-electron chi connectivity index (χ2n) is 5.51. The van der Waals surface area contributed by atoms with E-state index in [4.69, 9.17) is 5.73 Å². The molecule has 0 aromatic carbocycles. The molecule has 1 heterocycles. The van der Waals surface area contributed by atoms with Gasteiger partial charge >= 0.3 is 0 Å². The van der Waals surface area contributed by atoms with Crippen LogP contribution in [0.3, 0.4) is 0 Å². The first-order valence-electron chi connectivity index (χ1n) is 6.44. The smallest absolute Gasteiger partial charge is 0.227 e. The van der Waals surface area contributed by atoms with Crippen molar-refractivity contribution in [1.82, 2.24) is 5.32 Å². The third-order valence-corrected chi connectivity index (χ3v) is 5.65. The molecule has 17 heavy (non-hydrogen) atoms. The van der Waals surface area contributed by atoms with E-state index >= 15 is 0 Å². The molecule has 1 saturated heterocycles. The molecule has 98 valence electrons. The van der Waals surface area contributed by atoms with Gasteiger partial charge in [-0.3, -0.25) is 9.00 Å². The second kappa shape index (κ2) is 5.06. The summed E-state index contributed by atoms with van der Waals surface area (Å²) in [6, 6.07) is 0.185. The van der Waals surface area contributed by atoms with Crippen molar-refractivity contribution < 1.29 is 9.00 Å². The second-order valence-corrected chi connectivity index (χ2v) is 7.21. The third kappa shape index (κ3) is 2.71. The van der Waals surface area contributed by atoms with Crippen molar-refractivity contribution in [3.8, 4) is 0 Å². The lowest BCUT2D eigenvalue weighted by molar-refractivity contribution is -0.131. The van der Waals surface area contributed by atoms with Gasteiger partial charge in [-0.15, -0.1) is 0 Å². The molecular formula is C12H22N2O2S.